The molecule has 3 aromatic rings. The quantitative estimate of drug-likeness (QED) is 0.323. The molecule has 0 saturated carbocycles. The molecule has 0 saturated heterocycles. The lowest BCUT2D eigenvalue weighted by Crippen LogP contribution is -2.13. The van der Waals surface area contributed by atoms with Crippen molar-refractivity contribution in [3.8, 4) is 5.69 Å². The Hall–Kier alpha value is -3.01. The van der Waals surface area contributed by atoms with E-state index in [1.54, 1.807) is 16.8 Å². The summed E-state index contributed by atoms with van der Waals surface area (Å²) >= 11 is 5.02. The molecule has 0 atom stereocenters. The Morgan fingerprint density at radius 2 is 2.00 bits per heavy atom. The molecule has 0 aliphatic rings. The molecule has 2 aromatic heterocycles. The molecule has 3 N–H and O–H groups in total. The molecule has 0 spiro atoms. The number of nitro groups is 1. The summed E-state index contributed by atoms with van der Waals surface area (Å²) in [6.45, 7) is 3.82. The van der Waals surface area contributed by atoms with Gasteiger partial charge in [0.2, 0.25) is 4.77 Å². The Morgan fingerprint density at radius 3 is 2.54 bits per heavy atom. The molecule has 2 heterocycles. The van der Waals surface area contributed by atoms with Crippen LogP contribution in [0.15, 0.2) is 24.3 Å². The van der Waals surface area contributed by atoms with Crippen LogP contribution in [0.1, 0.15) is 22.8 Å². The Balaban J connectivity index is 1.98. The summed E-state index contributed by atoms with van der Waals surface area (Å²) in [5, 5.41) is 22.0. The zero-order valence-electron chi connectivity index (χ0n) is 13.1. The van der Waals surface area contributed by atoms with Crippen molar-refractivity contribution in [2.75, 3.05) is 5.84 Å². The molecular formula is C14H15N7O2S. The van der Waals surface area contributed by atoms with Gasteiger partial charge >= 0.3 is 0 Å². The second-order valence-electron chi connectivity index (χ2n) is 5.33. The number of aromatic nitrogens is 5. The molecule has 1 aromatic carbocycles. The number of rotatable bonds is 4. The first-order chi connectivity index (χ1) is 11.4. The van der Waals surface area contributed by atoms with Crippen LogP contribution >= 0.6 is 12.2 Å². The number of hydrogen-bond donors (Lipinski definition) is 2. The maximum absolute atomic E-state index is 10.8. The van der Waals surface area contributed by atoms with Gasteiger partial charge in [0.15, 0.2) is 5.82 Å². The summed E-state index contributed by atoms with van der Waals surface area (Å²) < 4.78 is 3.43. The third kappa shape index (κ3) is 2.67. The van der Waals surface area contributed by atoms with E-state index < -0.39 is 4.92 Å². The molecule has 0 radical (unpaired) electrons. The third-order valence-corrected chi connectivity index (χ3v) is 4.15. The highest BCUT2D eigenvalue weighted by Gasteiger charge is 2.16. The zero-order chi connectivity index (χ0) is 17.4. The van der Waals surface area contributed by atoms with E-state index in [1.165, 1.54) is 16.8 Å². The number of H-pyrrole nitrogens is 1. The summed E-state index contributed by atoms with van der Waals surface area (Å²) in [4.78, 5) is 10.3. The van der Waals surface area contributed by atoms with Crippen molar-refractivity contribution in [1.29, 1.82) is 0 Å². The third-order valence-electron chi connectivity index (χ3n) is 3.86. The number of aromatic amines is 1. The van der Waals surface area contributed by atoms with E-state index in [1.807, 2.05) is 13.8 Å². The summed E-state index contributed by atoms with van der Waals surface area (Å²) in [6, 6.07) is 6.24. The Morgan fingerprint density at radius 1 is 1.33 bits per heavy atom. The molecule has 0 aliphatic heterocycles. The van der Waals surface area contributed by atoms with Crippen molar-refractivity contribution < 1.29 is 4.92 Å². The van der Waals surface area contributed by atoms with Crippen molar-refractivity contribution >= 4 is 17.9 Å². The van der Waals surface area contributed by atoms with E-state index in [2.05, 4.69) is 15.3 Å². The van der Waals surface area contributed by atoms with Gasteiger partial charge in [-0.15, -0.1) is 0 Å². The molecule has 124 valence electrons. The summed E-state index contributed by atoms with van der Waals surface area (Å²) in [6.07, 6.45) is 0.480. The van der Waals surface area contributed by atoms with Crippen molar-refractivity contribution in [2.24, 2.45) is 0 Å². The van der Waals surface area contributed by atoms with Gasteiger partial charge in [-0.25, -0.2) is 9.36 Å². The second-order valence-corrected chi connectivity index (χ2v) is 5.71. The minimum atomic E-state index is -0.430. The Labute approximate surface area is 141 Å². The minimum Gasteiger partial charge on any atom is -0.335 e. The largest absolute Gasteiger partial charge is 0.335 e. The van der Waals surface area contributed by atoms with Crippen LogP contribution in [0.3, 0.4) is 0 Å². The normalized spacial score (nSPS) is 10.9. The van der Waals surface area contributed by atoms with Gasteiger partial charge in [-0.05, 0) is 38.2 Å². The molecule has 0 fully saturated rings. The molecule has 0 amide bonds. The first-order valence-electron chi connectivity index (χ1n) is 7.09. The summed E-state index contributed by atoms with van der Waals surface area (Å²) in [5.41, 5.74) is 3.52. The van der Waals surface area contributed by atoms with Crippen LogP contribution in [0.4, 0.5) is 5.69 Å². The van der Waals surface area contributed by atoms with Crippen LogP contribution in [-0.4, -0.2) is 29.6 Å². The monoisotopic (exact) mass is 345 g/mol. The highest BCUT2D eigenvalue weighted by atomic mass is 32.1. The summed E-state index contributed by atoms with van der Waals surface area (Å²) in [7, 11) is 0. The smallest absolute Gasteiger partial charge is 0.269 e. The van der Waals surface area contributed by atoms with E-state index in [0.29, 0.717) is 17.0 Å². The second kappa shape index (κ2) is 5.89. The average Bonchev–Trinajstić information content (AvgIpc) is 3.02. The SMILES string of the molecule is Cc1nn(-c2ccc([N+](=O)[O-])cc2)c(C)c1Cc1n[nH]c(=S)n1N. The molecule has 0 unspecified atom stereocenters. The van der Waals surface area contributed by atoms with Gasteiger partial charge in [0.25, 0.3) is 5.69 Å². The van der Waals surface area contributed by atoms with Crippen LogP contribution in [0.25, 0.3) is 5.69 Å². The topological polar surface area (TPSA) is 121 Å². The number of aryl methyl sites for hydroxylation is 1. The number of nitrogens with one attached hydrogen (secondary N) is 1. The standard InChI is InChI=1S/C14H15N7O2S/c1-8-12(7-13-16-17-14(24)19(13)15)9(2)20(18-8)10-3-5-11(6-4-10)21(22)23/h3-6H,7,15H2,1-2H3,(H,17,24). The van der Waals surface area contributed by atoms with Gasteiger partial charge in [0, 0.05) is 29.8 Å². The number of nitrogen functional groups attached to an aromatic ring is 1. The lowest BCUT2D eigenvalue weighted by atomic mass is 10.1. The maximum Gasteiger partial charge on any atom is 0.269 e. The molecule has 3 rings (SSSR count). The van der Waals surface area contributed by atoms with Gasteiger partial charge in [-0.1, -0.05) is 0 Å². The highest BCUT2D eigenvalue weighted by molar-refractivity contribution is 7.71. The predicted molar refractivity (Wildman–Crippen MR) is 90.1 cm³/mol. The van der Waals surface area contributed by atoms with E-state index >= 15 is 0 Å². The highest BCUT2D eigenvalue weighted by Crippen LogP contribution is 2.21. The van der Waals surface area contributed by atoms with Crippen molar-refractivity contribution in [1.82, 2.24) is 24.7 Å². The fourth-order valence-corrected chi connectivity index (χ4v) is 2.67. The van der Waals surface area contributed by atoms with E-state index in [-0.39, 0.29) is 5.69 Å². The van der Waals surface area contributed by atoms with Crippen LogP contribution in [0, 0.1) is 28.7 Å². The van der Waals surface area contributed by atoms with Gasteiger partial charge in [-0.2, -0.15) is 10.2 Å². The lowest BCUT2D eigenvalue weighted by molar-refractivity contribution is -0.384. The number of nitrogens with two attached hydrogens (primary N) is 1. The number of nitro benzene ring substituents is 1. The van der Waals surface area contributed by atoms with Crippen LogP contribution < -0.4 is 5.84 Å². The van der Waals surface area contributed by atoms with Crippen molar-refractivity contribution in [2.45, 2.75) is 20.3 Å². The molecule has 0 aliphatic carbocycles. The van der Waals surface area contributed by atoms with E-state index in [4.69, 9.17) is 18.1 Å². The fourth-order valence-electron chi connectivity index (χ4n) is 2.52. The van der Waals surface area contributed by atoms with Gasteiger partial charge in [0.1, 0.15) is 0 Å². The zero-order valence-corrected chi connectivity index (χ0v) is 13.9. The fraction of sp³-hybridized carbons (Fsp3) is 0.214. The number of non-ortho nitro benzene ring substituents is 1. The Bertz CT molecular complexity index is 968. The predicted octanol–water partition coefficient (Wildman–Crippen LogP) is 1.96. The van der Waals surface area contributed by atoms with Crippen LogP contribution in [-0.2, 0) is 6.42 Å². The average molecular weight is 345 g/mol. The first kappa shape index (κ1) is 15.9. The van der Waals surface area contributed by atoms with E-state index in [0.717, 1.165) is 22.6 Å². The minimum absolute atomic E-state index is 0.0409. The summed E-state index contributed by atoms with van der Waals surface area (Å²) in [5.74, 6) is 6.45. The molecule has 0 bridgehead atoms. The number of benzene rings is 1. The molecule has 10 heteroatoms. The van der Waals surface area contributed by atoms with Crippen LogP contribution in [0.2, 0.25) is 0 Å². The molecule has 24 heavy (non-hydrogen) atoms. The van der Waals surface area contributed by atoms with Crippen LogP contribution in [0.5, 0.6) is 0 Å². The first-order valence-corrected chi connectivity index (χ1v) is 7.50. The molecule has 9 nitrogen and oxygen atoms in total. The molecular weight excluding hydrogens is 330 g/mol. The van der Waals surface area contributed by atoms with Gasteiger partial charge in [0.05, 0.1) is 16.3 Å². The van der Waals surface area contributed by atoms with E-state index in [9.17, 15) is 10.1 Å². The maximum atomic E-state index is 10.8. The Kier molecular flexibility index (Phi) is 3.89. The van der Waals surface area contributed by atoms with Crippen molar-refractivity contribution in [3.63, 3.8) is 0 Å². The lowest BCUT2D eigenvalue weighted by Gasteiger charge is -2.05. The van der Waals surface area contributed by atoms with Gasteiger partial charge in [-0.3, -0.25) is 15.2 Å². The number of nitrogens with zero attached hydrogens (tertiary/aromatic N) is 5. The van der Waals surface area contributed by atoms with Crippen molar-refractivity contribution in [3.05, 3.63) is 61.9 Å². The van der Waals surface area contributed by atoms with Gasteiger partial charge < -0.3 is 5.84 Å². The number of hydrogen-bond acceptors (Lipinski definition) is 6.